The van der Waals surface area contributed by atoms with E-state index in [1.54, 1.807) is 0 Å². The molecule has 0 bridgehead atoms. The highest BCUT2D eigenvalue weighted by molar-refractivity contribution is 4.83. The van der Waals surface area contributed by atoms with Crippen molar-refractivity contribution in [2.75, 3.05) is 26.2 Å². The first-order chi connectivity index (χ1) is 7.05. The van der Waals surface area contributed by atoms with Crippen LogP contribution in [0, 0.1) is 5.41 Å². The average molecular weight is 213 g/mol. The summed E-state index contributed by atoms with van der Waals surface area (Å²) in [5, 5.41) is 9.78. The first kappa shape index (κ1) is 11.4. The molecule has 0 amide bonds. The minimum absolute atomic E-state index is 0.109. The molecule has 2 atom stereocenters. The van der Waals surface area contributed by atoms with Gasteiger partial charge in [-0.15, -0.1) is 0 Å². The van der Waals surface area contributed by atoms with E-state index in [1.165, 1.54) is 0 Å². The van der Waals surface area contributed by atoms with Crippen LogP contribution in [-0.4, -0.2) is 48.5 Å². The number of rotatable bonds is 3. The molecule has 2 fully saturated rings. The van der Waals surface area contributed by atoms with Gasteiger partial charge in [0.1, 0.15) is 0 Å². The summed E-state index contributed by atoms with van der Waals surface area (Å²) >= 11 is 0. The summed E-state index contributed by atoms with van der Waals surface area (Å²) in [6.45, 7) is 8.74. The smallest absolute Gasteiger partial charge is 0.0822 e. The normalized spacial score (nSPS) is 36.2. The van der Waals surface area contributed by atoms with Gasteiger partial charge in [0, 0.05) is 19.6 Å². The molecule has 0 aromatic rings. The van der Waals surface area contributed by atoms with Crippen molar-refractivity contribution in [3.05, 3.63) is 0 Å². The molecule has 88 valence electrons. The summed E-state index contributed by atoms with van der Waals surface area (Å²) in [7, 11) is 0. The number of epoxide rings is 1. The number of aliphatic hydroxyl groups is 1. The van der Waals surface area contributed by atoms with Gasteiger partial charge in [0.25, 0.3) is 0 Å². The first-order valence-corrected chi connectivity index (χ1v) is 6.07. The maximum absolute atomic E-state index is 9.78. The predicted octanol–water partition coefficient (Wildman–Crippen LogP) is 1.26. The monoisotopic (exact) mass is 213 g/mol. The zero-order valence-corrected chi connectivity index (χ0v) is 9.91. The highest BCUT2D eigenvalue weighted by Crippen LogP contribution is 2.28. The second-order valence-electron chi connectivity index (χ2n) is 5.83. The Morgan fingerprint density at radius 3 is 2.87 bits per heavy atom. The summed E-state index contributed by atoms with van der Waals surface area (Å²) in [4.78, 5) is 2.48. The molecule has 3 heteroatoms. The molecule has 0 aromatic heterocycles. The lowest BCUT2D eigenvalue weighted by Crippen LogP contribution is -2.34. The third-order valence-electron chi connectivity index (χ3n) is 3.39. The molecule has 0 aromatic carbocycles. The Morgan fingerprint density at radius 1 is 1.47 bits per heavy atom. The number of likely N-dealkylation sites (tertiary alicyclic amines) is 1. The summed E-state index contributed by atoms with van der Waals surface area (Å²) in [6, 6.07) is 0. The van der Waals surface area contributed by atoms with Crippen molar-refractivity contribution < 1.29 is 9.84 Å². The number of hydrogen-bond donors (Lipinski definition) is 1. The lowest BCUT2D eigenvalue weighted by atomic mass is 9.87. The van der Waals surface area contributed by atoms with Crippen molar-refractivity contribution in [2.24, 2.45) is 5.41 Å². The highest BCUT2D eigenvalue weighted by Gasteiger charge is 2.30. The molecule has 1 N–H and O–H groups in total. The Balaban J connectivity index is 1.82. The third kappa shape index (κ3) is 3.74. The van der Waals surface area contributed by atoms with Crippen molar-refractivity contribution >= 4 is 0 Å². The molecule has 0 saturated carbocycles. The van der Waals surface area contributed by atoms with Gasteiger partial charge in [-0.25, -0.2) is 0 Å². The summed E-state index contributed by atoms with van der Waals surface area (Å²) in [6.07, 6.45) is 3.44. The molecule has 2 saturated heterocycles. The van der Waals surface area contributed by atoms with E-state index >= 15 is 0 Å². The first-order valence-electron chi connectivity index (χ1n) is 6.07. The van der Waals surface area contributed by atoms with Gasteiger partial charge in [0.15, 0.2) is 0 Å². The fourth-order valence-electron chi connectivity index (χ4n) is 2.57. The van der Waals surface area contributed by atoms with Crippen LogP contribution in [0.3, 0.4) is 0 Å². The van der Waals surface area contributed by atoms with E-state index in [1.807, 2.05) is 0 Å². The molecular weight excluding hydrogens is 190 g/mol. The molecular formula is C12H23NO2. The van der Waals surface area contributed by atoms with E-state index in [2.05, 4.69) is 18.7 Å². The molecule has 15 heavy (non-hydrogen) atoms. The number of nitrogens with zero attached hydrogens (tertiary/aromatic N) is 1. The van der Waals surface area contributed by atoms with Crippen LogP contribution in [0.1, 0.15) is 33.1 Å². The third-order valence-corrected chi connectivity index (χ3v) is 3.39. The summed E-state index contributed by atoms with van der Waals surface area (Å²) in [5.41, 5.74) is 0.250. The summed E-state index contributed by atoms with van der Waals surface area (Å²) < 4.78 is 5.23. The molecule has 3 nitrogen and oxygen atoms in total. The van der Waals surface area contributed by atoms with Crippen molar-refractivity contribution in [3.8, 4) is 0 Å². The molecule has 0 aliphatic carbocycles. The van der Waals surface area contributed by atoms with E-state index in [4.69, 9.17) is 4.74 Å². The topological polar surface area (TPSA) is 36.0 Å². The minimum atomic E-state index is -0.109. The number of ether oxygens (including phenoxy) is 1. The minimum Gasteiger partial charge on any atom is -0.393 e. The predicted molar refractivity (Wildman–Crippen MR) is 59.8 cm³/mol. The van der Waals surface area contributed by atoms with E-state index < -0.39 is 0 Å². The molecule has 2 aliphatic rings. The van der Waals surface area contributed by atoms with Crippen LogP contribution in [0.2, 0.25) is 0 Å². The molecule has 0 radical (unpaired) electrons. The van der Waals surface area contributed by atoms with Crippen LogP contribution in [0.5, 0.6) is 0 Å². The Kier molecular flexibility index (Phi) is 3.33. The van der Waals surface area contributed by atoms with Crippen LogP contribution in [-0.2, 0) is 4.74 Å². The largest absolute Gasteiger partial charge is 0.393 e. The average Bonchev–Trinajstić information content (AvgIpc) is 2.90. The molecule has 2 heterocycles. The van der Waals surface area contributed by atoms with Crippen LogP contribution in [0.4, 0.5) is 0 Å². The SMILES string of the molecule is CC1(C)CC(O)CCN(CCC2CO2)C1. The number of hydrogen-bond acceptors (Lipinski definition) is 3. The van der Waals surface area contributed by atoms with Crippen LogP contribution >= 0.6 is 0 Å². The maximum atomic E-state index is 9.78. The zero-order chi connectivity index (χ0) is 10.9. The van der Waals surface area contributed by atoms with Gasteiger partial charge in [0.05, 0.1) is 18.8 Å². The van der Waals surface area contributed by atoms with Gasteiger partial charge in [0.2, 0.25) is 0 Å². The Hall–Kier alpha value is -0.120. The van der Waals surface area contributed by atoms with Gasteiger partial charge in [-0.1, -0.05) is 13.8 Å². The standard InChI is InChI=1S/C12H23NO2/c1-12(2)7-10(14)3-5-13(9-12)6-4-11-8-15-11/h10-11,14H,3-9H2,1-2H3. The maximum Gasteiger partial charge on any atom is 0.0822 e. The van der Waals surface area contributed by atoms with Gasteiger partial charge in [-0.2, -0.15) is 0 Å². The van der Waals surface area contributed by atoms with E-state index in [9.17, 15) is 5.11 Å². The van der Waals surface area contributed by atoms with Gasteiger partial charge >= 0.3 is 0 Å². The molecule has 2 unspecified atom stereocenters. The second-order valence-corrected chi connectivity index (χ2v) is 5.83. The van der Waals surface area contributed by atoms with Crippen molar-refractivity contribution in [2.45, 2.75) is 45.3 Å². The Morgan fingerprint density at radius 2 is 2.20 bits per heavy atom. The van der Waals surface area contributed by atoms with E-state index in [-0.39, 0.29) is 11.5 Å². The molecule has 2 rings (SSSR count). The van der Waals surface area contributed by atoms with E-state index in [0.29, 0.717) is 6.10 Å². The fourth-order valence-corrected chi connectivity index (χ4v) is 2.57. The van der Waals surface area contributed by atoms with Crippen molar-refractivity contribution in [1.29, 1.82) is 0 Å². The van der Waals surface area contributed by atoms with Crippen LogP contribution < -0.4 is 0 Å². The molecule has 0 spiro atoms. The van der Waals surface area contributed by atoms with Crippen LogP contribution in [0.25, 0.3) is 0 Å². The van der Waals surface area contributed by atoms with Crippen molar-refractivity contribution in [1.82, 2.24) is 4.90 Å². The number of aliphatic hydroxyl groups excluding tert-OH is 1. The summed E-state index contributed by atoms with van der Waals surface area (Å²) in [5.74, 6) is 0. The van der Waals surface area contributed by atoms with Gasteiger partial charge < -0.3 is 14.7 Å². The lowest BCUT2D eigenvalue weighted by molar-refractivity contribution is 0.121. The zero-order valence-electron chi connectivity index (χ0n) is 9.91. The Labute approximate surface area is 92.4 Å². The van der Waals surface area contributed by atoms with Gasteiger partial charge in [-0.05, 0) is 24.7 Å². The van der Waals surface area contributed by atoms with Crippen molar-refractivity contribution in [3.63, 3.8) is 0 Å². The molecule has 2 aliphatic heterocycles. The highest BCUT2D eigenvalue weighted by atomic mass is 16.6. The van der Waals surface area contributed by atoms with Gasteiger partial charge in [-0.3, -0.25) is 0 Å². The van der Waals surface area contributed by atoms with E-state index in [0.717, 1.165) is 45.5 Å². The quantitative estimate of drug-likeness (QED) is 0.717. The van der Waals surface area contributed by atoms with Crippen LogP contribution in [0.15, 0.2) is 0 Å². The second kappa shape index (κ2) is 4.40. The Bertz CT molecular complexity index is 214. The lowest BCUT2D eigenvalue weighted by Gasteiger charge is -2.29. The fraction of sp³-hybridized carbons (Fsp3) is 1.00.